The highest BCUT2D eigenvalue weighted by atomic mass is 16.7. The van der Waals surface area contributed by atoms with E-state index in [0.717, 1.165) is 57.9 Å². The van der Waals surface area contributed by atoms with E-state index in [1.165, 1.54) is 5.56 Å². The summed E-state index contributed by atoms with van der Waals surface area (Å²) in [7, 11) is 5.51. The Morgan fingerprint density at radius 3 is 2.59 bits per heavy atom. The van der Waals surface area contributed by atoms with Gasteiger partial charge in [-0.05, 0) is 29.3 Å². The van der Waals surface area contributed by atoms with Gasteiger partial charge in [0, 0.05) is 12.0 Å². The van der Waals surface area contributed by atoms with Crippen LogP contribution in [0.25, 0.3) is 0 Å². The SMILES string of the molecule is COc1ccc2c(c1OC)C[N@@+]1(C)CCc3cc4c(cc3[C@@H]1[C@@H]2O)OCO4. The fourth-order valence-electron chi connectivity index (χ4n) is 5.01. The number of nitrogens with zero attached hydrogens (tertiary/aromatic N) is 1. The number of benzene rings is 2. The Kier molecular flexibility index (Phi) is 3.58. The van der Waals surface area contributed by atoms with Gasteiger partial charge in [0.05, 0.1) is 33.4 Å². The second kappa shape index (κ2) is 5.78. The normalized spacial score (nSPS) is 27.4. The molecule has 3 atom stereocenters. The quantitative estimate of drug-likeness (QED) is 0.824. The van der Waals surface area contributed by atoms with Crippen molar-refractivity contribution in [2.75, 3.05) is 34.6 Å². The highest BCUT2D eigenvalue weighted by Crippen LogP contribution is 2.53. The molecule has 1 N–H and O–H groups in total. The van der Waals surface area contributed by atoms with Crippen molar-refractivity contribution < 1.29 is 28.5 Å². The molecule has 0 saturated heterocycles. The van der Waals surface area contributed by atoms with E-state index in [0.29, 0.717) is 5.75 Å². The lowest BCUT2D eigenvalue weighted by molar-refractivity contribution is -0.960. The fourth-order valence-corrected chi connectivity index (χ4v) is 5.01. The largest absolute Gasteiger partial charge is 0.493 e. The molecule has 6 heteroatoms. The van der Waals surface area contributed by atoms with Crippen LogP contribution in [0.3, 0.4) is 0 Å². The van der Waals surface area contributed by atoms with Gasteiger partial charge in [-0.15, -0.1) is 0 Å². The molecule has 0 amide bonds. The summed E-state index contributed by atoms with van der Waals surface area (Å²) in [5, 5.41) is 11.4. The zero-order valence-corrected chi connectivity index (χ0v) is 15.8. The maximum absolute atomic E-state index is 11.4. The predicted octanol–water partition coefficient (Wildman–Crippen LogP) is 2.72. The standard InChI is InChI=1S/C21H24NO5/c1-22-7-6-12-8-17-18(27-11-26-17)9-14(12)19(22)20(23)13-4-5-16(24-2)21(25-3)15(13)10-22/h4-5,8-9,19-20,23H,6-7,10-11H2,1-3H3/q+1/t19-,20-,22-/m1/s1. The molecule has 0 unspecified atom stereocenters. The molecule has 142 valence electrons. The summed E-state index contributed by atoms with van der Waals surface area (Å²) in [5.41, 5.74) is 4.34. The molecule has 0 spiro atoms. The third-order valence-corrected chi connectivity index (χ3v) is 6.34. The number of hydrogen-bond donors (Lipinski definition) is 1. The van der Waals surface area contributed by atoms with Gasteiger partial charge in [-0.1, -0.05) is 6.07 Å². The van der Waals surface area contributed by atoms with Crippen molar-refractivity contribution in [2.45, 2.75) is 25.1 Å². The molecular formula is C21H24NO5+. The van der Waals surface area contributed by atoms with Crippen LogP contribution in [0, 0.1) is 0 Å². The molecule has 0 aliphatic carbocycles. The average molecular weight is 370 g/mol. The third-order valence-electron chi connectivity index (χ3n) is 6.34. The maximum Gasteiger partial charge on any atom is 0.231 e. The maximum atomic E-state index is 11.4. The first-order chi connectivity index (χ1) is 13.1. The van der Waals surface area contributed by atoms with Gasteiger partial charge in [-0.2, -0.15) is 0 Å². The Bertz CT molecular complexity index is 927. The second-order valence-electron chi connectivity index (χ2n) is 7.77. The minimum Gasteiger partial charge on any atom is -0.493 e. The zero-order valence-electron chi connectivity index (χ0n) is 15.8. The molecule has 0 aromatic heterocycles. The first-order valence-corrected chi connectivity index (χ1v) is 9.24. The van der Waals surface area contributed by atoms with Gasteiger partial charge in [-0.25, -0.2) is 0 Å². The van der Waals surface area contributed by atoms with Crippen molar-refractivity contribution in [1.29, 1.82) is 0 Å². The molecule has 0 saturated carbocycles. The lowest BCUT2D eigenvalue weighted by Gasteiger charge is -2.50. The molecule has 0 bridgehead atoms. The average Bonchev–Trinajstić information content (AvgIpc) is 3.12. The first kappa shape index (κ1) is 16.7. The number of ether oxygens (including phenoxy) is 4. The third kappa shape index (κ3) is 2.26. The van der Waals surface area contributed by atoms with Crippen LogP contribution in [0.5, 0.6) is 23.0 Å². The summed E-state index contributed by atoms with van der Waals surface area (Å²) in [6, 6.07) is 7.94. The molecule has 6 nitrogen and oxygen atoms in total. The van der Waals surface area contributed by atoms with Crippen molar-refractivity contribution in [2.24, 2.45) is 0 Å². The molecule has 27 heavy (non-hydrogen) atoms. The monoisotopic (exact) mass is 370 g/mol. The molecule has 2 aromatic carbocycles. The summed E-state index contributed by atoms with van der Waals surface area (Å²) in [4.78, 5) is 0. The lowest BCUT2D eigenvalue weighted by atomic mass is 9.79. The number of methoxy groups -OCH3 is 2. The van der Waals surface area contributed by atoms with Crippen molar-refractivity contribution in [1.82, 2.24) is 0 Å². The van der Waals surface area contributed by atoms with Crippen LogP contribution < -0.4 is 18.9 Å². The Hall–Kier alpha value is -2.44. The van der Waals surface area contributed by atoms with Crippen molar-refractivity contribution in [3.8, 4) is 23.0 Å². The molecule has 0 fully saturated rings. The van der Waals surface area contributed by atoms with Gasteiger partial charge in [-0.3, -0.25) is 0 Å². The summed E-state index contributed by atoms with van der Waals surface area (Å²) in [5.74, 6) is 3.01. The second-order valence-corrected chi connectivity index (χ2v) is 7.77. The van der Waals surface area contributed by atoms with Crippen LogP contribution in [0.4, 0.5) is 0 Å². The van der Waals surface area contributed by atoms with Gasteiger partial charge in [0.2, 0.25) is 6.79 Å². The smallest absolute Gasteiger partial charge is 0.231 e. The lowest BCUT2D eigenvalue weighted by Crippen LogP contribution is -2.55. The topological polar surface area (TPSA) is 57.2 Å². The number of aliphatic hydroxyl groups is 1. The summed E-state index contributed by atoms with van der Waals surface area (Å²) < 4.78 is 23.0. The van der Waals surface area contributed by atoms with Gasteiger partial charge in [0.25, 0.3) is 0 Å². The summed E-state index contributed by atoms with van der Waals surface area (Å²) >= 11 is 0. The van der Waals surface area contributed by atoms with Crippen LogP contribution >= 0.6 is 0 Å². The minimum atomic E-state index is -0.627. The fraction of sp³-hybridized carbons (Fsp3) is 0.429. The number of hydrogen-bond acceptors (Lipinski definition) is 5. The number of rotatable bonds is 2. The van der Waals surface area contributed by atoms with Gasteiger partial charge < -0.3 is 28.5 Å². The van der Waals surface area contributed by atoms with Crippen LogP contribution in [0.1, 0.15) is 34.4 Å². The summed E-state index contributed by atoms with van der Waals surface area (Å²) in [6.07, 6.45) is 0.311. The number of aliphatic hydroxyl groups excluding tert-OH is 1. The Balaban J connectivity index is 1.67. The van der Waals surface area contributed by atoms with E-state index >= 15 is 0 Å². The van der Waals surface area contributed by atoms with Crippen LogP contribution in [-0.4, -0.2) is 44.2 Å². The van der Waals surface area contributed by atoms with Crippen LogP contribution in [-0.2, 0) is 13.0 Å². The molecule has 3 aliphatic rings. The highest BCUT2D eigenvalue weighted by molar-refractivity contribution is 5.54. The predicted molar refractivity (Wildman–Crippen MR) is 98.3 cm³/mol. The Morgan fingerprint density at radius 1 is 1.07 bits per heavy atom. The van der Waals surface area contributed by atoms with Gasteiger partial charge >= 0.3 is 0 Å². The van der Waals surface area contributed by atoms with Gasteiger partial charge in [0.15, 0.2) is 23.0 Å². The van der Waals surface area contributed by atoms with Crippen molar-refractivity contribution in [3.05, 3.63) is 46.5 Å². The van der Waals surface area contributed by atoms with E-state index in [-0.39, 0.29) is 12.8 Å². The van der Waals surface area contributed by atoms with E-state index in [1.54, 1.807) is 14.2 Å². The minimum absolute atomic E-state index is 0.0474. The summed E-state index contributed by atoms with van der Waals surface area (Å²) in [6.45, 7) is 1.98. The molecule has 5 rings (SSSR count). The molecule has 0 radical (unpaired) electrons. The molecule has 2 aromatic rings. The van der Waals surface area contributed by atoms with E-state index in [2.05, 4.69) is 19.2 Å². The number of likely N-dealkylation sites (N-methyl/N-ethyl adjacent to an activating group) is 1. The van der Waals surface area contributed by atoms with E-state index in [9.17, 15) is 5.11 Å². The van der Waals surface area contributed by atoms with Crippen LogP contribution in [0.2, 0.25) is 0 Å². The van der Waals surface area contributed by atoms with E-state index in [1.807, 2.05) is 12.1 Å². The first-order valence-electron chi connectivity index (χ1n) is 9.24. The number of quaternary nitrogens is 1. The van der Waals surface area contributed by atoms with Gasteiger partial charge in [0.1, 0.15) is 18.7 Å². The molecule has 3 aliphatic heterocycles. The van der Waals surface area contributed by atoms with Crippen molar-refractivity contribution >= 4 is 0 Å². The molecule has 3 heterocycles. The zero-order chi connectivity index (χ0) is 18.8. The van der Waals surface area contributed by atoms with E-state index < -0.39 is 6.10 Å². The molecular weight excluding hydrogens is 346 g/mol. The van der Waals surface area contributed by atoms with Crippen molar-refractivity contribution in [3.63, 3.8) is 0 Å². The highest BCUT2D eigenvalue weighted by Gasteiger charge is 2.50. The van der Waals surface area contributed by atoms with Crippen LogP contribution in [0.15, 0.2) is 24.3 Å². The Morgan fingerprint density at radius 2 is 1.85 bits per heavy atom. The Labute approximate surface area is 158 Å². The number of fused-ring (bicyclic) bond motifs is 5. The van der Waals surface area contributed by atoms with E-state index in [4.69, 9.17) is 18.9 Å².